The van der Waals surface area contributed by atoms with E-state index in [-0.39, 0.29) is 0 Å². The van der Waals surface area contributed by atoms with Gasteiger partial charge >= 0.3 is 0 Å². The van der Waals surface area contributed by atoms with Crippen molar-refractivity contribution in [3.8, 4) is 0 Å². The summed E-state index contributed by atoms with van der Waals surface area (Å²) in [5.41, 5.74) is 0. The summed E-state index contributed by atoms with van der Waals surface area (Å²) in [4.78, 5) is 0. The van der Waals surface area contributed by atoms with Gasteiger partial charge in [0, 0.05) is 13.1 Å². The van der Waals surface area contributed by atoms with Crippen LogP contribution in [0.2, 0.25) is 0 Å². The Morgan fingerprint density at radius 2 is 0.865 bits per heavy atom. The van der Waals surface area contributed by atoms with Crippen LogP contribution >= 0.6 is 0 Å². The summed E-state index contributed by atoms with van der Waals surface area (Å²) in [6, 6.07) is 0. The zero-order valence-corrected chi connectivity index (χ0v) is 26.5. The third-order valence-electron chi connectivity index (χ3n) is 8.08. The molecule has 0 aromatic rings. The van der Waals surface area contributed by atoms with Gasteiger partial charge in [0.2, 0.25) is 0 Å². The van der Waals surface area contributed by atoms with Crippen molar-refractivity contribution >= 4 is 0 Å². The molecule has 37 heavy (non-hydrogen) atoms. The first-order valence-electron chi connectivity index (χ1n) is 17.3. The Bertz CT molecular complexity index is 445. The van der Waals surface area contributed by atoms with Crippen LogP contribution in [0.4, 0.5) is 0 Å². The highest BCUT2D eigenvalue weighted by Crippen LogP contribution is 2.20. The molecule has 0 amide bonds. The van der Waals surface area contributed by atoms with Crippen LogP contribution in [0.1, 0.15) is 188 Å². The predicted octanol–water partition coefficient (Wildman–Crippen LogP) is 11.7. The first kappa shape index (κ1) is 36.3. The van der Waals surface area contributed by atoms with E-state index in [1.54, 1.807) is 0 Å². The lowest BCUT2D eigenvalue weighted by Gasteiger charge is -2.20. The van der Waals surface area contributed by atoms with Crippen molar-refractivity contribution in [2.24, 2.45) is 11.8 Å². The van der Waals surface area contributed by atoms with Crippen LogP contribution in [0, 0.1) is 11.8 Å². The van der Waals surface area contributed by atoms with E-state index in [0.717, 1.165) is 30.7 Å². The van der Waals surface area contributed by atoms with Gasteiger partial charge in [-0.25, -0.2) is 0 Å². The Labute approximate surface area is 236 Å². The Hall–Kier alpha value is -0.660. The predicted molar refractivity (Wildman–Crippen MR) is 170 cm³/mol. The van der Waals surface area contributed by atoms with E-state index >= 15 is 0 Å². The summed E-state index contributed by atoms with van der Waals surface area (Å²) in [7, 11) is 0. The van der Waals surface area contributed by atoms with Crippen molar-refractivity contribution in [3.05, 3.63) is 12.4 Å². The van der Waals surface area contributed by atoms with Gasteiger partial charge in [-0.2, -0.15) is 0 Å². The molecule has 0 fully saturated rings. The second kappa shape index (κ2) is 29.9. The molecule has 0 heterocycles. The fourth-order valence-electron chi connectivity index (χ4n) is 5.45. The van der Waals surface area contributed by atoms with Gasteiger partial charge in [-0.1, -0.05) is 169 Å². The molecule has 0 radical (unpaired) electrons. The van der Waals surface area contributed by atoms with E-state index in [9.17, 15) is 0 Å². The van der Waals surface area contributed by atoms with Crippen molar-refractivity contribution in [1.82, 2.24) is 10.6 Å². The van der Waals surface area contributed by atoms with Gasteiger partial charge in [0.1, 0.15) is 0 Å². The molecule has 0 aromatic carbocycles. The van der Waals surface area contributed by atoms with Crippen LogP contribution in [0.15, 0.2) is 12.4 Å². The lowest BCUT2D eigenvalue weighted by atomic mass is 9.94. The monoisotopic (exact) mass is 521 g/mol. The van der Waals surface area contributed by atoms with Crippen molar-refractivity contribution in [3.63, 3.8) is 0 Å². The van der Waals surface area contributed by atoms with Crippen molar-refractivity contribution in [1.29, 1.82) is 0 Å². The fraction of sp³-hybridized carbons (Fsp3) is 0.943. The van der Waals surface area contributed by atoms with Crippen LogP contribution in [-0.4, -0.2) is 13.1 Å². The molecule has 0 aliphatic rings. The minimum Gasteiger partial charge on any atom is -0.372 e. The first-order chi connectivity index (χ1) is 18.1. The minimum absolute atomic E-state index is 0.791. The highest BCUT2D eigenvalue weighted by molar-refractivity contribution is 4.88. The second-order valence-electron chi connectivity index (χ2n) is 12.5. The lowest BCUT2D eigenvalue weighted by molar-refractivity contribution is 0.387. The van der Waals surface area contributed by atoms with Crippen LogP contribution in [0.5, 0.6) is 0 Å². The maximum atomic E-state index is 4.24. The van der Waals surface area contributed by atoms with E-state index in [4.69, 9.17) is 0 Å². The van der Waals surface area contributed by atoms with Crippen LogP contribution in [0.25, 0.3) is 0 Å². The lowest BCUT2D eigenvalue weighted by Crippen LogP contribution is -2.30. The standard InChI is InChI=1S/C35H72N2/c1-6-8-10-12-14-16-18-20-22-24-26-30-35(32-37-34(5)36-31-27-28-33(3)4)29-25-23-21-19-17-15-13-11-9-7-2/h33,35-37H,5-32H2,1-4H3. The molecule has 0 aliphatic carbocycles. The number of unbranched alkanes of at least 4 members (excludes halogenated alkanes) is 19. The largest absolute Gasteiger partial charge is 0.372 e. The summed E-state index contributed by atoms with van der Waals surface area (Å²) < 4.78 is 0. The molecule has 2 nitrogen and oxygen atoms in total. The van der Waals surface area contributed by atoms with Crippen molar-refractivity contribution < 1.29 is 0 Å². The van der Waals surface area contributed by atoms with Gasteiger partial charge in [-0.3, -0.25) is 0 Å². The van der Waals surface area contributed by atoms with Crippen LogP contribution in [-0.2, 0) is 0 Å². The van der Waals surface area contributed by atoms with Gasteiger partial charge < -0.3 is 10.6 Å². The molecule has 1 atom stereocenters. The molecule has 0 spiro atoms. The van der Waals surface area contributed by atoms with Crippen molar-refractivity contribution in [2.45, 2.75) is 188 Å². The molecule has 0 aromatic heterocycles. The van der Waals surface area contributed by atoms with E-state index in [1.165, 1.54) is 161 Å². The maximum absolute atomic E-state index is 4.24. The zero-order chi connectivity index (χ0) is 27.2. The average Bonchev–Trinajstić information content (AvgIpc) is 2.88. The molecule has 2 heteroatoms. The topological polar surface area (TPSA) is 24.1 Å². The molecule has 222 valence electrons. The van der Waals surface area contributed by atoms with Gasteiger partial charge in [-0.15, -0.1) is 0 Å². The highest BCUT2D eigenvalue weighted by Gasteiger charge is 2.09. The normalized spacial score (nSPS) is 12.2. The summed E-state index contributed by atoms with van der Waals surface area (Å²) in [6.07, 6.45) is 35.4. The second-order valence-corrected chi connectivity index (χ2v) is 12.5. The molecule has 0 saturated heterocycles. The molecular formula is C35H72N2. The molecule has 0 aliphatic heterocycles. The Morgan fingerprint density at radius 1 is 0.486 bits per heavy atom. The Morgan fingerprint density at radius 3 is 1.24 bits per heavy atom. The molecule has 0 saturated carbocycles. The Balaban J connectivity index is 4.01. The van der Waals surface area contributed by atoms with Crippen LogP contribution < -0.4 is 10.6 Å². The van der Waals surface area contributed by atoms with Crippen LogP contribution in [0.3, 0.4) is 0 Å². The molecular weight excluding hydrogens is 448 g/mol. The number of hydrogen-bond donors (Lipinski definition) is 2. The minimum atomic E-state index is 0.791. The number of nitrogens with one attached hydrogen (secondary N) is 2. The molecule has 0 rings (SSSR count). The Kier molecular flexibility index (Phi) is 29.4. The van der Waals surface area contributed by atoms with E-state index in [1.807, 2.05) is 0 Å². The third-order valence-corrected chi connectivity index (χ3v) is 8.08. The summed E-state index contributed by atoms with van der Waals surface area (Å²) in [5, 5.41) is 7.15. The summed E-state index contributed by atoms with van der Waals surface area (Å²) in [5.74, 6) is 2.64. The summed E-state index contributed by atoms with van der Waals surface area (Å²) >= 11 is 0. The van der Waals surface area contributed by atoms with Crippen molar-refractivity contribution in [2.75, 3.05) is 13.1 Å². The van der Waals surface area contributed by atoms with Gasteiger partial charge in [0.15, 0.2) is 0 Å². The van der Waals surface area contributed by atoms with Gasteiger partial charge in [0.25, 0.3) is 0 Å². The third kappa shape index (κ3) is 29.7. The van der Waals surface area contributed by atoms with Gasteiger partial charge in [-0.05, 0) is 37.5 Å². The maximum Gasteiger partial charge on any atom is 0.0912 e. The van der Waals surface area contributed by atoms with Gasteiger partial charge in [0.05, 0.1) is 5.82 Å². The van der Waals surface area contributed by atoms with E-state index in [2.05, 4.69) is 44.9 Å². The molecule has 2 N–H and O–H groups in total. The number of hydrogen-bond acceptors (Lipinski definition) is 2. The highest BCUT2D eigenvalue weighted by atomic mass is 15.1. The zero-order valence-electron chi connectivity index (χ0n) is 26.5. The number of rotatable bonds is 31. The average molecular weight is 521 g/mol. The molecule has 0 bridgehead atoms. The fourth-order valence-corrected chi connectivity index (χ4v) is 5.45. The first-order valence-corrected chi connectivity index (χ1v) is 17.3. The van der Waals surface area contributed by atoms with E-state index in [0.29, 0.717) is 0 Å². The quantitative estimate of drug-likeness (QED) is 0.0888. The van der Waals surface area contributed by atoms with E-state index < -0.39 is 0 Å². The summed E-state index contributed by atoms with van der Waals surface area (Å²) in [6.45, 7) is 15.6. The SMILES string of the molecule is C=C(NCCCC(C)C)NCC(CCCCCCCCCCCC)CCCCCCCCCCCCC. The smallest absolute Gasteiger partial charge is 0.0912 e. The molecule has 1 unspecified atom stereocenters.